The number of carbonyl (C=O) groups is 1. The lowest BCUT2D eigenvalue weighted by molar-refractivity contribution is -0.119. The molecule has 1 aliphatic heterocycles. The van der Waals surface area contributed by atoms with Crippen LogP contribution in [0.4, 0.5) is 5.82 Å². The highest BCUT2D eigenvalue weighted by atomic mass is 16.1. The van der Waals surface area contributed by atoms with E-state index in [0.29, 0.717) is 18.3 Å². The van der Waals surface area contributed by atoms with Crippen LogP contribution in [0.25, 0.3) is 22.4 Å². The quantitative estimate of drug-likeness (QED) is 0.747. The standard InChI is InChI=1S/C20H25N7O/c1-13-17-19(26(3)25-13)23-18(16-7-4-8-21-11-16)24-20(17)27-9-5-6-15(12-27)10-22-14(2)28/h4,7-8,11,15H,5-6,9-10,12H2,1-3H3,(H,22,28). The molecule has 1 N–H and O–H groups in total. The van der Waals surface area contributed by atoms with Gasteiger partial charge in [0.05, 0.1) is 11.1 Å². The number of anilines is 1. The molecule has 0 aromatic carbocycles. The van der Waals surface area contributed by atoms with Crippen molar-refractivity contribution in [2.75, 3.05) is 24.5 Å². The van der Waals surface area contributed by atoms with Crippen molar-refractivity contribution in [3.05, 3.63) is 30.2 Å². The van der Waals surface area contributed by atoms with E-state index in [4.69, 9.17) is 9.97 Å². The third kappa shape index (κ3) is 3.54. The molecule has 0 saturated carbocycles. The zero-order chi connectivity index (χ0) is 19.7. The zero-order valence-corrected chi connectivity index (χ0v) is 16.5. The van der Waals surface area contributed by atoms with E-state index in [1.807, 2.05) is 30.8 Å². The summed E-state index contributed by atoms with van der Waals surface area (Å²) in [5.74, 6) is 1.99. The predicted molar refractivity (Wildman–Crippen MR) is 108 cm³/mol. The molecule has 0 bridgehead atoms. The topological polar surface area (TPSA) is 88.8 Å². The van der Waals surface area contributed by atoms with Crippen LogP contribution in [0.5, 0.6) is 0 Å². The average molecular weight is 379 g/mol. The molecule has 3 aromatic heterocycles. The van der Waals surface area contributed by atoms with Crippen LogP contribution in [0.2, 0.25) is 0 Å². The van der Waals surface area contributed by atoms with Gasteiger partial charge in [-0.2, -0.15) is 5.10 Å². The Kier molecular flexibility index (Phi) is 4.93. The van der Waals surface area contributed by atoms with E-state index < -0.39 is 0 Å². The predicted octanol–water partition coefficient (Wildman–Crippen LogP) is 2.09. The Morgan fingerprint density at radius 3 is 2.96 bits per heavy atom. The van der Waals surface area contributed by atoms with E-state index in [1.54, 1.807) is 19.3 Å². The maximum absolute atomic E-state index is 11.3. The Morgan fingerprint density at radius 2 is 2.21 bits per heavy atom. The van der Waals surface area contributed by atoms with Crippen LogP contribution in [0, 0.1) is 12.8 Å². The van der Waals surface area contributed by atoms with Crippen molar-refractivity contribution >= 4 is 22.8 Å². The number of piperidine rings is 1. The molecule has 8 heteroatoms. The number of hydrogen-bond acceptors (Lipinski definition) is 6. The van der Waals surface area contributed by atoms with E-state index in [0.717, 1.165) is 54.0 Å². The van der Waals surface area contributed by atoms with Gasteiger partial charge in [0, 0.05) is 51.6 Å². The monoisotopic (exact) mass is 379 g/mol. The van der Waals surface area contributed by atoms with Crippen LogP contribution in [-0.4, -0.2) is 50.3 Å². The molecule has 4 heterocycles. The smallest absolute Gasteiger partial charge is 0.216 e. The fraction of sp³-hybridized carbons (Fsp3) is 0.450. The average Bonchev–Trinajstić information content (AvgIpc) is 3.00. The fourth-order valence-corrected chi connectivity index (χ4v) is 3.88. The van der Waals surface area contributed by atoms with Crippen molar-refractivity contribution in [1.82, 2.24) is 30.0 Å². The van der Waals surface area contributed by atoms with Gasteiger partial charge in [-0.1, -0.05) is 0 Å². The Hall–Kier alpha value is -3.03. The van der Waals surface area contributed by atoms with Crippen molar-refractivity contribution in [3.63, 3.8) is 0 Å². The normalized spacial score (nSPS) is 17.1. The van der Waals surface area contributed by atoms with Gasteiger partial charge in [-0.3, -0.25) is 14.5 Å². The van der Waals surface area contributed by atoms with Gasteiger partial charge < -0.3 is 10.2 Å². The van der Waals surface area contributed by atoms with Crippen LogP contribution < -0.4 is 10.2 Å². The fourth-order valence-electron chi connectivity index (χ4n) is 3.88. The first-order chi connectivity index (χ1) is 13.5. The van der Waals surface area contributed by atoms with Gasteiger partial charge >= 0.3 is 0 Å². The highest BCUT2D eigenvalue weighted by Gasteiger charge is 2.25. The van der Waals surface area contributed by atoms with Gasteiger partial charge in [0.2, 0.25) is 5.91 Å². The molecular formula is C20H25N7O. The molecule has 8 nitrogen and oxygen atoms in total. The summed E-state index contributed by atoms with van der Waals surface area (Å²) in [5, 5.41) is 8.52. The Bertz CT molecular complexity index is 999. The van der Waals surface area contributed by atoms with E-state index in [2.05, 4.69) is 20.3 Å². The first-order valence-corrected chi connectivity index (χ1v) is 9.64. The third-order valence-corrected chi connectivity index (χ3v) is 5.22. The lowest BCUT2D eigenvalue weighted by atomic mass is 9.97. The zero-order valence-electron chi connectivity index (χ0n) is 16.5. The lowest BCUT2D eigenvalue weighted by Crippen LogP contribution is -2.41. The van der Waals surface area contributed by atoms with Gasteiger partial charge in [0.1, 0.15) is 5.82 Å². The number of carbonyl (C=O) groups excluding carboxylic acids is 1. The van der Waals surface area contributed by atoms with Gasteiger partial charge in [-0.25, -0.2) is 9.97 Å². The van der Waals surface area contributed by atoms with Crippen LogP contribution in [-0.2, 0) is 11.8 Å². The molecule has 4 rings (SSSR count). The molecule has 1 aliphatic rings. The number of fused-ring (bicyclic) bond motifs is 1. The largest absolute Gasteiger partial charge is 0.356 e. The maximum atomic E-state index is 11.3. The number of nitrogens with one attached hydrogen (secondary N) is 1. The molecule has 28 heavy (non-hydrogen) atoms. The summed E-state index contributed by atoms with van der Waals surface area (Å²) >= 11 is 0. The SMILES string of the molecule is CC(=O)NCC1CCCN(c2nc(-c3cccnc3)nc3c2c(C)nn3C)C1. The second-order valence-corrected chi connectivity index (χ2v) is 7.41. The third-order valence-electron chi connectivity index (χ3n) is 5.22. The Morgan fingerprint density at radius 1 is 1.36 bits per heavy atom. The van der Waals surface area contributed by atoms with Crippen LogP contribution in [0.15, 0.2) is 24.5 Å². The minimum absolute atomic E-state index is 0.0171. The number of amides is 1. The number of nitrogens with zero attached hydrogens (tertiary/aromatic N) is 6. The van der Waals surface area contributed by atoms with Gasteiger partial charge in [-0.15, -0.1) is 0 Å². The summed E-state index contributed by atoms with van der Waals surface area (Å²) in [5.41, 5.74) is 2.64. The molecule has 0 radical (unpaired) electrons. The molecule has 146 valence electrons. The van der Waals surface area contributed by atoms with Gasteiger partial charge in [0.15, 0.2) is 11.5 Å². The summed E-state index contributed by atoms with van der Waals surface area (Å²) in [6, 6.07) is 3.86. The number of pyridine rings is 1. The highest BCUT2D eigenvalue weighted by molar-refractivity contribution is 5.91. The van der Waals surface area contributed by atoms with Crippen LogP contribution in [0.1, 0.15) is 25.5 Å². The molecule has 3 aromatic rings. The molecule has 1 fully saturated rings. The molecule has 0 aliphatic carbocycles. The second kappa shape index (κ2) is 7.53. The Labute approximate surface area is 164 Å². The number of aromatic nitrogens is 5. The van der Waals surface area contributed by atoms with Crippen LogP contribution in [0.3, 0.4) is 0 Å². The minimum Gasteiger partial charge on any atom is -0.356 e. The van der Waals surface area contributed by atoms with E-state index in [1.165, 1.54) is 0 Å². The van der Waals surface area contributed by atoms with Gasteiger partial charge in [0.25, 0.3) is 0 Å². The summed E-state index contributed by atoms with van der Waals surface area (Å²) in [7, 11) is 1.91. The van der Waals surface area contributed by atoms with Crippen molar-refractivity contribution in [3.8, 4) is 11.4 Å². The van der Waals surface area contributed by atoms with E-state index in [-0.39, 0.29) is 5.91 Å². The van der Waals surface area contributed by atoms with E-state index in [9.17, 15) is 4.79 Å². The number of rotatable bonds is 4. The molecule has 1 amide bonds. The maximum Gasteiger partial charge on any atom is 0.216 e. The molecule has 1 atom stereocenters. The van der Waals surface area contributed by atoms with Crippen molar-refractivity contribution in [2.45, 2.75) is 26.7 Å². The van der Waals surface area contributed by atoms with Crippen molar-refractivity contribution in [2.24, 2.45) is 13.0 Å². The summed E-state index contributed by atoms with van der Waals surface area (Å²) in [4.78, 5) is 27.5. The summed E-state index contributed by atoms with van der Waals surface area (Å²) in [6.07, 6.45) is 5.70. The highest BCUT2D eigenvalue weighted by Crippen LogP contribution is 2.32. The Balaban J connectivity index is 1.75. The summed E-state index contributed by atoms with van der Waals surface area (Å²) in [6.45, 7) is 6.05. The van der Waals surface area contributed by atoms with Gasteiger partial charge in [-0.05, 0) is 37.8 Å². The first kappa shape index (κ1) is 18.3. The molecular weight excluding hydrogens is 354 g/mol. The van der Waals surface area contributed by atoms with Crippen LogP contribution >= 0.6 is 0 Å². The lowest BCUT2D eigenvalue weighted by Gasteiger charge is -2.34. The number of aryl methyl sites for hydroxylation is 2. The summed E-state index contributed by atoms with van der Waals surface area (Å²) < 4.78 is 1.81. The first-order valence-electron chi connectivity index (χ1n) is 9.64. The molecule has 0 spiro atoms. The second-order valence-electron chi connectivity index (χ2n) is 7.41. The minimum atomic E-state index is 0.0171. The van der Waals surface area contributed by atoms with Crippen molar-refractivity contribution in [1.29, 1.82) is 0 Å². The van der Waals surface area contributed by atoms with E-state index >= 15 is 0 Å². The van der Waals surface area contributed by atoms with Crippen molar-refractivity contribution < 1.29 is 4.79 Å². The molecule has 1 saturated heterocycles. The number of hydrogen-bond donors (Lipinski definition) is 1. The molecule has 1 unspecified atom stereocenters.